The van der Waals surface area contributed by atoms with Gasteiger partial charge in [0.25, 0.3) is 11.8 Å². The van der Waals surface area contributed by atoms with Crippen molar-refractivity contribution in [2.75, 3.05) is 17.2 Å². The van der Waals surface area contributed by atoms with Crippen LogP contribution in [0.25, 0.3) is 0 Å². The average Bonchev–Trinajstić information content (AvgIpc) is 3.44. The topological polar surface area (TPSA) is 109 Å². The highest BCUT2D eigenvalue weighted by atomic mass is 16.5. The van der Waals surface area contributed by atoms with Crippen molar-refractivity contribution in [2.24, 2.45) is 0 Å². The average molecular weight is 422 g/mol. The summed E-state index contributed by atoms with van der Waals surface area (Å²) in [7, 11) is 0. The molecule has 1 heterocycles. The zero-order valence-electron chi connectivity index (χ0n) is 17.2. The summed E-state index contributed by atoms with van der Waals surface area (Å²) in [5.41, 5.74) is 1.04. The van der Waals surface area contributed by atoms with E-state index in [1.54, 1.807) is 36.4 Å². The Hall–Kier alpha value is -3.42. The van der Waals surface area contributed by atoms with E-state index in [2.05, 4.69) is 20.9 Å². The third-order valence-corrected chi connectivity index (χ3v) is 5.40. The summed E-state index contributed by atoms with van der Waals surface area (Å²) < 4.78 is 5.09. The molecule has 2 saturated carbocycles. The van der Waals surface area contributed by atoms with Gasteiger partial charge in [-0.1, -0.05) is 25.0 Å². The Bertz CT molecular complexity index is 950. The Morgan fingerprint density at radius 1 is 0.968 bits per heavy atom. The zero-order valence-corrected chi connectivity index (χ0v) is 17.2. The largest absolute Gasteiger partial charge is 0.452 e. The molecule has 0 atom stereocenters. The summed E-state index contributed by atoms with van der Waals surface area (Å²) >= 11 is 0. The molecule has 1 aromatic heterocycles. The third kappa shape index (κ3) is 5.81. The second-order valence-corrected chi connectivity index (χ2v) is 7.98. The first kappa shape index (κ1) is 20.8. The summed E-state index contributed by atoms with van der Waals surface area (Å²) in [5, 5.41) is 8.91. The minimum Gasteiger partial charge on any atom is -0.452 e. The van der Waals surface area contributed by atoms with Gasteiger partial charge in [-0.05, 0) is 49.9 Å². The van der Waals surface area contributed by atoms with Crippen LogP contribution in [0, 0.1) is 0 Å². The van der Waals surface area contributed by atoms with E-state index >= 15 is 0 Å². The van der Waals surface area contributed by atoms with Crippen LogP contribution in [0.1, 0.15) is 59.2 Å². The number of anilines is 2. The number of pyridine rings is 1. The number of ether oxygens (including phenoxy) is 1. The number of hydrogen-bond acceptors (Lipinski definition) is 6. The maximum absolute atomic E-state index is 12.6. The fourth-order valence-electron chi connectivity index (χ4n) is 3.56. The fraction of sp³-hybridized carbons (Fsp3) is 0.391. The van der Waals surface area contributed by atoms with Crippen LogP contribution < -0.4 is 16.0 Å². The number of carbonyl (C=O) groups excluding carboxylic acids is 3. The monoisotopic (exact) mass is 422 g/mol. The molecule has 162 valence electrons. The SMILES string of the molecule is O=C(COC(=O)c1ccc(NC2CC2)nc1)Nc1ccccc1C(=O)NC1CCCC1. The lowest BCUT2D eigenvalue weighted by molar-refractivity contribution is -0.119. The lowest BCUT2D eigenvalue weighted by atomic mass is 10.1. The Kier molecular flexibility index (Phi) is 6.45. The van der Waals surface area contributed by atoms with Crippen molar-refractivity contribution in [3.8, 4) is 0 Å². The maximum Gasteiger partial charge on any atom is 0.340 e. The molecule has 0 spiro atoms. The van der Waals surface area contributed by atoms with Crippen LogP contribution in [-0.4, -0.2) is 41.5 Å². The molecule has 31 heavy (non-hydrogen) atoms. The van der Waals surface area contributed by atoms with Gasteiger partial charge in [0.05, 0.1) is 16.8 Å². The van der Waals surface area contributed by atoms with Crippen molar-refractivity contribution in [1.82, 2.24) is 10.3 Å². The number of amides is 2. The van der Waals surface area contributed by atoms with Gasteiger partial charge in [-0.15, -0.1) is 0 Å². The standard InChI is InChI=1S/C23H26N4O4/c28-21(14-31-23(30)15-9-12-20(24-13-15)25-17-10-11-17)27-19-8-4-3-7-18(19)22(29)26-16-5-1-2-6-16/h3-4,7-9,12-13,16-17H,1-2,5-6,10-11,14H2,(H,24,25)(H,26,29)(H,27,28). The molecule has 0 aliphatic heterocycles. The van der Waals surface area contributed by atoms with E-state index in [9.17, 15) is 14.4 Å². The number of esters is 1. The molecule has 4 rings (SSSR count). The Balaban J connectivity index is 1.29. The molecule has 3 N–H and O–H groups in total. The van der Waals surface area contributed by atoms with Gasteiger partial charge in [0, 0.05) is 18.3 Å². The number of para-hydroxylation sites is 1. The summed E-state index contributed by atoms with van der Waals surface area (Å²) in [6.45, 7) is -0.459. The number of hydrogen-bond donors (Lipinski definition) is 3. The lowest BCUT2D eigenvalue weighted by Crippen LogP contribution is -2.33. The van der Waals surface area contributed by atoms with E-state index < -0.39 is 18.5 Å². The molecule has 8 heteroatoms. The molecular formula is C23H26N4O4. The van der Waals surface area contributed by atoms with Crippen molar-refractivity contribution >= 4 is 29.3 Å². The molecule has 1 aromatic carbocycles. The van der Waals surface area contributed by atoms with E-state index in [4.69, 9.17) is 4.74 Å². The van der Waals surface area contributed by atoms with Crippen LogP contribution in [0.4, 0.5) is 11.5 Å². The quantitative estimate of drug-likeness (QED) is 0.564. The molecule has 0 unspecified atom stereocenters. The molecule has 2 aliphatic rings. The van der Waals surface area contributed by atoms with Gasteiger partial charge in [0.2, 0.25) is 0 Å². The normalized spacial score (nSPS) is 15.9. The molecule has 2 aromatic rings. The maximum atomic E-state index is 12.6. The van der Waals surface area contributed by atoms with E-state index in [-0.39, 0.29) is 17.5 Å². The first-order valence-corrected chi connectivity index (χ1v) is 10.7. The van der Waals surface area contributed by atoms with Crippen LogP contribution in [-0.2, 0) is 9.53 Å². The van der Waals surface area contributed by atoms with Gasteiger partial charge >= 0.3 is 5.97 Å². The molecule has 0 bridgehead atoms. The first-order valence-electron chi connectivity index (χ1n) is 10.7. The van der Waals surface area contributed by atoms with Gasteiger partial charge in [-0.25, -0.2) is 9.78 Å². The van der Waals surface area contributed by atoms with Crippen molar-refractivity contribution in [1.29, 1.82) is 0 Å². The highest BCUT2D eigenvalue weighted by molar-refractivity contribution is 6.04. The number of benzene rings is 1. The Labute approximate surface area is 180 Å². The van der Waals surface area contributed by atoms with Crippen molar-refractivity contribution in [3.05, 3.63) is 53.7 Å². The van der Waals surface area contributed by atoms with Crippen LogP contribution in [0.5, 0.6) is 0 Å². The van der Waals surface area contributed by atoms with Crippen LogP contribution >= 0.6 is 0 Å². The van der Waals surface area contributed by atoms with E-state index in [1.165, 1.54) is 6.20 Å². The third-order valence-electron chi connectivity index (χ3n) is 5.40. The molecule has 0 radical (unpaired) electrons. The molecule has 2 amide bonds. The first-order chi connectivity index (χ1) is 15.1. The Morgan fingerprint density at radius 3 is 2.45 bits per heavy atom. The van der Waals surface area contributed by atoms with Crippen molar-refractivity contribution in [3.63, 3.8) is 0 Å². The van der Waals surface area contributed by atoms with Gasteiger partial charge in [-0.3, -0.25) is 9.59 Å². The van der Waals surface area contributed by atoms with E-state index in [0.29, 0.717) is 23.1 Å². The smallest absolute Gasteiger partial charge is 0.340 e. The number of aromatic nitrogens is 1. The zero-order chi connectivity index (χ0) is 21.6. The molecule has 8 nitrogen and oxygen atoms in total. The minimum atomic E-state index is -0.632. The molecule has 0 saturated heterocycles. The van der Waals surface area contributed by atoms with E-state index in [1.807, 2.05) is 0 Å². The van der Waals surface area contributed by atoms with Crippen LogP contribution in [0.15, 0.2) is 42.6 Å². The fourth-order valence-corrected chi connectivity index (χ4v) is 3.56. The van der Waals surface area contributed by atoms with Gasteiger partial charge < -0.3 is 20.7 Å². The molecular weight excluding hydrogens is 396 g/mol. The Morgan fingerprint density at radius 2 is 1.74 bits per heavy atom. The lowest BCUT2D eigenvalue weighted by Gasteiger charge is -2.15. The van der Waals surface area contributed by atoms with Crippen LogP contribution in [0.3, 0.4) is 0 Å². The number of nitrogens with zero attached hydrogens (tertiary/aromatic N) is 1. The molecule has 2 aliphatic carbocycles. The second-order valence-electron chi connectivity index (χ2n) is 7.98. The van der Waals surface area contributed by atoms with Gasteiger partial charge in [0.15, 0.2) is 6.61 Å². The second kappa shape index (κ2) is 9.59. The van der Waals surface area contributed by atoms with Gasteiger partial charge in [0.1, 0.15) is 5.82 Å². The predicted molar refractivity (Wildman–Crippen MR) is 116 cm³/mol. The highest BCUT2D eigenvalue weighted by Gasteiger charge is 2.22. The molecule has 2 fully saturated rings. The van der Waals surface area contributed by atoms with Gasteiger partial charge in [-0.2, -0.15) is 0 Å². The minimum absolute atomic E-state index is 0.177. The summed E-state index contributed by atoms with van der Waals surface area (Å²) in [5.74, 6) is -0.655. The summed E-state index contributed by atoms with van der Waals surface area (Å²) in [6.07, 6.45) is 7.87. The van der Waals surface area contributed by atoms with Crippen molar-refractivity contribution in [2.45, 2.75) is 50.6 Å². The van der Waals surface area contributed by atoms with Crippen molar-refractivity contribution < 1.29 is 19.1 Å². The summed E-state index contributed by atoms with van der Waals surface area (Å²) in [4.78, 5) is 41.3. The number of rotatable bonds is 8. The summed E-state index contributed by atoms with van der Waals surface area (Å²) in [6, 6.07) is 10.8. The number of nitrogens with one attached hydrogen (secondary N) is 3. The predicted octanol–water partition coefficient (Wildman–Crippen LogP) is 3.12. The number of carbonyl (C=O) groups is 3. The van der Waals surface area contributed by atoms with E-state index in [0.717, 1.165) is 38.5 Å². The van der Waals surface area contributed by atoms with Crippen LogP contribution in [0.2, 0.25) is 0 Å². The highest BCUT2D eigenvalue weighted by Crippen LogP contribution is 2.23.